The number of esters is 4. The summed E-state index contributed by atoms with van der Waals surface area (Å²) in [6, 6.07) is 3.52. The summed E-state index contributed by atoms with van der Waals surface area (Å²) in [7, 11) is 0. The van der Waals surface area contributed by atoms with E-state index in [2.05, 4.69) is 15.0 Å². The van der Waals surface area contributed by atoms with E-state index in [1.54, 1.807) is 39.8 Å². The molecule has 1 N–H and O–H groups in total. The molecule has 2 aliphatic heterocycles. The molecular weight excluding hydrogens is 564 g/mol. The number of ether oxygens (including phenoxy) is 4. The number of carbonyl (C=O) groups excluding carboxylic acids is 4. The molecule has 14 nitrogen and oxygen atoms in total. The van der Waals surface area contributed by atoms with Crippen LogP contribution in [0.5, 0.6) is 0 Å². The predicted octanol–water partition coefficient (Wildman–Crippen LogP) is 2.12. The molecule has 43 heavy (non-hydrogen) atoms. The highest BCUT2D eigenvalue weighted by Gasteiger charge is 2.40. The van der Waals surface area contributed by atoms with E-state index < -0.39 is 60.0 Å². The highest BCUT2D eigenvalue weighted by Crippen LogP contribution is 2.26. The Morgan fingerprint density at radius 3 is 1.95 bits per heavy atom. The Bertz CT molecular complexity index is 1590. The van der Waals surface area contributed by atoms with Gasteiger partial charge in [0.15, 0.2) is 29.8 Å². The molecule has 3 atom stereocenters. The molecule has 232 valence electrons. The summed E-state index contributed by atoms with van der Waals surface area (Å²) in [5.41, 5.74) is 0.704. The SMILES string of the molecule is CCC(=O)OC[C@@H](OC(=O)CC)[C@@H](OC(=O)CC)[C@H](Cn1c2nc(=O)[nH]c(=O)c-2nc2cc(C)c(C)cc21)OC(=O)CC. The third-order valence-electron chi connectivity index (χ3n) is 6.72. The normalized spacial score (nSPS) is 13.3. The van der Waals surface area contributed by atoms with Crippen molar-refractivity contribution in [2.45, 2.75) is 92.1 Å². The molecule has 0 saturated carbocycles. The van der Waals surface area contributed by atoms with Crippen LogP contribution in [0.25, 0.3) is 22.6 Å². The second-order valence-electron chi connectivity index (χ2n) is 9.80. The lowest BCUT2D eigenvalue weighted by atomic mass is 10.1. The molecule has 0 aromatic heterocycles. The van der Waals surface area contributed by atoms with E-state index in [-0.39, 0.29) is 43.7 Å². The van der Waals surface area contributed by atoms with Gasteiger partial charge in [-0.15, -0.1) is 0 Å². The smallest absolute Gasteiger partial charge is 0.349 e. The fourth-order valence-electron chi connectivity index (χ4n) is 4.23. The Hall–Kier alpha value is -4.62. The van der Waals surface area contributed by atoms with Gasteiger partial charge in [-0.05, 0) is 37.1 Å². The molecule has 0 radical (unpaired) electrons. The largest absolute Gasteiger partial charge is 0.462 e. The quantitative estimate of drug-likeness (QED) is 0.171. The number of aromatic amines is 1. The first-order valence-electron chi connectivity index (χ1n) is 14.1. The van der Waals surface area contributed by atoms with Crippen LogP contribution in [0, 0.1) is 13.8 Å². The molecule has 0 spiro atoms. The molecule has 0 aliphatic carbocycles. The van der Waals surface area contributed by atoms with E-state index >= 15 is 0 Å². The molecule has 14 heteroatoms. The van der Waals surface area contributed by atoms with Crippen molar-refractivity contribution < 1.29 is 38.1 Å². The van der Waals surface area contributed by atoms with Gasteiger partial charge >= 0.3 is 29.6 Å². The summed E-state index contributed by atoms with van der Waals surface area (Å²) in [4.78, 5) is 85.5. The Kier molecular flexibility index (Phi) is 11.1. The Morgan fingerprint density at radius 2 is 1.35 bits per heavy atom. The van der Waals surface area contributed by atoms with E-state index in [0.717, 1.165) is 11.1 Å². The van der Waals surface area contributed by atoms with Crippen molar-refractivity contribution in [2.75, 3.05) is 6.61 Å². The van der Waals surface area contributed by atoms with Crippen LogP contribution < -0.4 is 11.2 Å². The van der Waals surface area contributed by atoms with Crippen LogP contribution >= 0.6 is 0 Å². The fraction of sp³-hybridized carbons (Fsp3) is 0.517. The number of rotatable bonds is 13. The molecule has 3 rings (SSSR count). The summed E-state index contributed by atoms with van der Waals surface area (Å²) in [6.07, 6.45) is -4.34. The summed E-state index contributed by atoms with van der Waals surface area (Å²) in [5, 5.41) is 0. The molecular formula is C29H36N4O10. The molecule has 0 bridgehead atoms. The zero-order valence-electron chi connectivity index (χ0n) is 25.1. The van der Waals surface area contributed by atoms with Gasteiger partial charge in [-0.3, -0.25) is 29.0 Å². The summed E-state index contributed by atoms with van der Waals surface area (Å²) in [5.74, 6) is -2.78. The van der Waals surface area contributed by atoms with Crippen molar-refractivity contribution >= 4 is 34.9 Å². The molecule has 2 aliphatic rings. The van der Waals surface area contributed by atoms with Gasteiger partial charge in [0.05, 0.1) is 17.6 Å². The maximum atomic E-state index is 12.8. The highest BCUT2D eigenvalue weighted by atomic mass is 16.6. The van der Waals surface area contributed by atoms with Crippen LogP contribution in [-0.2, 0) is 44.7 Å². The number of fused-ring (bicyclic) bond motifs is 2. The topological polar surface area (TPSA) is 186 Å². The third kappa shape index (κ3) is 8.02. The van der Waals surface area contributed by atoms with Crippen LogP contribution in [-0.4, -0.2) is 68.3 Å². The molecule has 2 heterocycles. The number of benzene rings is 1. The molecule has 1 aromatic rings. The number of carbonyl (C=O) groups is 4. The van der Waals surface area contributed by atoms with Gasteiger partial charge in [0.25, 0.3) is 5.56 Å². The highest BCUT2D eigenvalue weighted by molar-refractivity contribution is 5.81. The van der Waals surface area contributed by atoms with Gasteiger partial charge in [0.1, 0.15) is 6.61 Å². The first-order valence-corrected chi connectivity index (χ1v) is 14.1. The van der Waals surface area contributed by atoms with Crippen molar-refractivity contribution in [2.24, 2.45) is 0 Å². The standard InChI is InChI=1S/C29H36N4O10/c1-7-21(34)40-14-20(42-23(36)9-3)26(43-24(37)10-4)19(41-22(35)8-2)13-33-18-12-16(6)15(5)11-17(18)30-25-27(33)31-29(39)32-28(25)38/h11-12,19-20,26H,7-10,13-14H2,1-6H3,(H,32,38,39)/t19-,20+,26-/m0/s1. The van der Waals surface area contributed by atoms with Gasteiger partial charge in [-0.1, -0.05) is 27.7 Å². The summed E-state index contributed by atoms with van der Waals surface area (Å²) < 4.78 is 23.8. The maximum Gasteiger partial charge on any atom is 0.349 e. The van der Waals surface area contributed by atoms with Gasteiger partial charge in [0.2, 0.25) is 0 Å². The van der Waals surface area contributed by atoms with E-state index in [0.29, 0.717) is 11.0 Å². The van der Waals surface area contributed by atoms with E-state index in [1.165, 1.54) is 4.57 Å². The Morgan fingerprint density at radius 1 is 0.791 bits per heavy atom. The summed E-state index contributed by atoms with van der Waals surface area (Å²) >= 11 is 0. The van der Waals surface area contributed by atoms with Crippen LogP contribution in [0.1, 0.15) is 64.5 Å². The lowest BCUT2D eigenvalue weighted by Gasteiger charge is -2.33. The van der Waals surface area contributed by atoms with Gasteiger partial charge in [-0.2, -0.15) is 4.98 Å². The molecule has 1 aromatic carbocycles. The number of nitrogens with one attached hydrogen (secondary N) is 1. The molecule has 0 amide bonds. The predicted molar refractivity (Wildman–Crippen MR) is 152 cm³/mol. The van der Waals surface area contributed by atoms with Gasteiger partial charge in [-0.25, -0.2) is 9.78 Å². The molecule has 0 saturated heterocycles. The van der Waals surface area contributed by atoms with Crippen molar-refractivity contribution in [1.82, 2.24) is 19.5 Å². The first-order chi connectivity index (χ1) is 20.4. The molecule has 0 unspecified atom stereocenters. The minimum atomic E-state index is -1.46. The van der Waals surface area contributed by atoms with Crippen molar-refractivity contribution in [3.63, 3.8) is 0 Å². The minimum Gasteiger partial charge on any atom is -0.462 e. The maximum absolute atomic E-state index is 12.8. The van der Waals surface area contributed by atoms with Crippen molar-refractivity contribution in [3.05, 3.63) is 44.1 Å². The van der Waals surface area contributed by atoms with Crippen LogP contribution in [0.3, 0.4) is 0 Å². The number of H-pyrrole nitrogens is 1. The second kappa shape index (κ2) is 14.5. The monoisotopic (exact) mass is 600 g/mol. The minimum absolute atomic E-state index is 0.0312. The van der Waals surface area contributed by atoms with E-state index in [4.69, 9.17) is 18.9 Å². The number of nitrogens with zero attached hydrogens (tertiary/aromatic N) is 3. The molecule has 0 fully saturated rings. The van der Waals surface area contributed by atoms with Crippen molar-refractivity contribution in [1.29, 1.82) is 0 Å². The fourth-order valence-corrected chi connectivity index (χ4v) is 4.23. The third-order valence-corrected chi connectivity index (χ3v) is 6.72. The zero-order chi connectivity index (χ0) is 31.8. The Balaban J connectivity index is 2.29. The summed E-state index contributed by atoms with van der Waals surface area (Å²) in [6.45, 7) is 9.15. The van der Waals surface area contributed by atoms with E-state index in [9.17, 15) is 28.8 Å². The van der Waals surface area contributed by atoms with Crippen LogP contribution in [0.2, 0.25) is 0 Å². The lowest BCUT2D eigenvalue weighted by molar-refractivity contribution is -0.192. The van der Waals surface area contributed by atoms with Crippen molar-refractivity contribution in [3.8, 4) is 11.5 Å². The van der Waals surface area contributed by atoms with E-state index in [1.807, 2.05) is 13.8 Å². The lowest BCUT2D eigenvalue weighted by Crippen LogP contribution is -2.49. The number of aryl methyl sites for hydroxylation is 2. The first kappa shape index (κ1) is 32.9. The van der Waals surface area contributed by atoms with Crippen LogP contribution in [0.4, 0.5) is 0 Å². The van der Waals surface area contributed by atoms with Crippen LogP contribution in [0.15, 0.2) is 21.7 Å². The van der Waals surface area contributed by atoms with Gasteiger partial charge < -0.3 is 23.5 Å². The zero-order valence-corrected chi connectivity index (χ0v) is 25.1. The number of hydrogen-bond donors (Lipinski definition) is 1. The average Bonchev–Trinajstić information content (AvgIpc) is 2.98. The second-order valence-corrected chi connectivity index (χ2v) is 9.80. The van der Waals surface area contributed by atoms with Gasteiger partial charge in [0, 0.05) is 25.7 Å². The number of aromatic nitrogens is 4. The number of hydrogen-bond acceptors (Lipinski definition) is 12. The Labute approximate surface area is 247 Å². The average molecular weight is 601 g/mol.